The monoisotopic (exact) mass is 322 g/mol. The van der Waals surface area contributed by atoms with Gasteiger partial charge in [-0.05, 0) is 65.2 Å². The van der Waals surface area contributed by atoms with Gasteiger partial charge in [-0.3, -0.25) is 4.79 Å². The molecule has 0 spiro atoms. The minimum absolute atomic E-state index is 0.299. The number of aryl methyl sites for hydroxylation is 2. The lowest BCUT2D eigenvalue weighted by atomic mass is 10.1. The molecule has 19 heavy (non-hydrogen) atoms. The van der Waals surface area contributed by atoms with Crippen LogP contribution in [0.25, 0.3) is 0 Å². The van der Waals surface area contributed by atoms with E-state index in [2.05, 4.69) is 26.2 Å². The van der Waals surface area contributed by atoms with Gasteiger partial charge in [-0.2, -0.15) is 0 Å². The summed E-state index contributed by atoms with van der Waals surface area (Å²) in [6, 6.07) is 5.82. The molecule has 0 fully saturated rings. The Morgan fingerprint density at radius 1 is 1.26 bits per heavy atom. The highest BCUT2D eigenvalue weighted by Crippen LogP contribution is 2.18. The molecule has 0 aliphatic rings. The second kappa shape index (κ2) is 5.48. The van der Waals surface area contributed by atoms with Crippen LogP contribution in [0.3, 0.4) is 0 Å². The molecule has 2 rings (SSSR count). The van der Waals surface area contributed by atoms with Crippen molar-refractivity contribution in [3.05, 3.63) is 57.4 Å². The summed E-state index contributed by atoms with van der Waals surface area (Å²) < 4.78 is 13.9. The second-order valence-corrected chi connectivity index (χ2v) is 5.09. The van der Waals surface area contributed by atoms with Crippen LogP contribution in [0, 0.1) is 19.7 Å². The van der Waals surface area contributed by atoms with Crippen LogP contribution < -0.4 is 5.32 Å². The van der Waals surface area contributed by atoms with E-state index in [-0.39, 0.29) is 11.7 Å². The zero-order valence-electron chi connectivity index (χ0n) is 10.5. The number of carbonyl (C=O) groups is 1. The van der Waals surface area contributed by atoms with Gasteiger partial charge in [-0.25, -0.2) is 9.37 Å². The highest BCUT2D eigenvalue weighted by Gasteiger charge is 2.11. The minimum atomic E-state index is -0.355. The van der Waals surface area contributed by atoms with Crippen molar-refractivity contribution in [1.82, 2.24) is 4.98 Å². The Kier molecular flexibility index (Phi) is 3.95. The van der Waals surface area contributed by atoms with Crippen molar-refractivity contribution >= 4 is 27.7 Å². The molecule has 0 radical (unpaired) electrons. The number of rotatable bonds is 2. The van der Waals surface area contributed by atoms with Crippen molar-refractivity contribution in [2.24, 2.45) is 0 Å². The van der Waals surface area contributed by atoms with Gasteiger partial charge in [0.15, 0.2) is 0 Å². The molecule has 3 nitrogen and oxygen atoms in total. The molecule has 0 aliphatic heterocycles. The number of amides is 1. The predicted octanol–water partition coefficient (Wildman–Crippen LogP) is 3.85. The predicted molar refractivity (Wildman–Crippen MR) is 75.8 cm³/mol. The normalized spacial score (nSPS) is 10.3. The number of hydrogen-bond donors (Lipinski definition) is 1. The number of halogens is 2. The average Bonchev–Trinajstić information content (AvgIpc) is 2.33. The van der Waals surface area contributed by atoms with E-state index in [0.717, 1.165) is 10.0 Å². The van der Waals surface area contributed by atoms with Crippen molar-refractivity contribution in [3.8, 4) is 0 Å². The molecule has 0 bridgehead atoms. The standard InChI is InChI=1S/C14H12BrFN2O/c1-8-5-10(16)3-4-11(8)14(19)18-13-6-9(2)12(15)7-17-13/h3-7H,1-2H3,(H,17,18,19). The third-order valence-corrected chi connectivity index (χ3v) is 3.55. The molecule has 0 unspecified atom stereocenters. The third-order valence-electron chi connectivity index (χ3n) is 2.72. The highest BCUT2D eigenvalue weighted by atomic mass is 79.9. The zero-order chi connectivity index (χ0) is 14.0. The Labute approximate surface area is 119 Å². The van der Waals surface area contributed by atoms with Crippen molar-refractivity contribution in [1.29, 1.82) is 0 Å². The van der Waals surface area contributed by atoms with Gasteiger partial charge in [0.2, 0.25) is 0 Å². The molecule has 0 saturated carbocycles. The van der Waals surface area contributed by atoms with Gasteiger partial charge in [0.1, 0.15) is 11.6 Å². The van der Waals surface area contributed by atoms with E-state index >= 15 is 0 Å². The van der Waals surface area contributed by atoms with E-state index in [1.54, 1.807) is 19.2 Å². The minimum Gasteiger partial charge on any atom is -0.307 e. The first-order valence-electron chi connectivity index (χ1n) is 5.67. The van der Waals surface area contributed by atoms with Crippen molar-refractivity contribution in [2.75, 3.05) is 5.32 Å². The molecule has 5 heteroatoms. The SMILES string of the molecule is Cc1cc(NC(=O)c2ccc(F)cc2C)ncc1Br. The molecule has 1 heterocycles. The summed E-state index contributed by atoms with van der Waals surface area (Å²) in [7, 11) is 0. The Morgan fingerprint density at radius 2 is 2.00 bits per heavy atom. The second-order valence-electron chi connectivity index (χ2n) is 4.23. The van der Waals surface area contributed by atoms with Crippen LogP contribution in [0.2, 0.25) is 0 Å². The zero-order valence-corrected chi connectivity index (χ0v) is 12.1. The average molecular weight is 323 g/mol. The van der Waals surface area contributed by atoms with Crippen LogP contribution >= 0.6 is 15.9 Å². The van der Waals surface area contributed by atoms with Gasteiger partial charge in [-0.1, -0.05) is 0 Å². The van der Waals surface area contributed by atoms with Gasteiger partial charge in [0.25, 0.3) is 5.91 Å². The fourth-order valence-electron chi connectivity index (χ4n) is 1.67. The molecule has 0 atom stereocenters. The Hall–Kier alpha value is -1.75. The maximum absolute atomic E-state index is 13.0. The number of nitrogens with zero attached hydrogens (tertiary/aromatic N) is 1. The van der Waals surface area contributed by atoms with Gasteiger partial charge in [0.05, 0.1) is 0 Å². The summed E-state index contributed by atoms with van der Waals surface area (Å²) in [6.45, 7) is 3.60. The van der Waals surface area contributed by atoms with E-state index in [1.165, 1.54) is 18.2 Å². The summed E-state index contributed by atoms with van der Waals surface area (Å²) in [5, 5.41) is 2.69. The first kappa shape index (κ1) is 13.7. The topological polar surface area (TPSA) is 42.0 Å². The fraction of sp³-hybridized carbons (Fsp3) is 0.143. The van der Waals surface area contributed by atoms with E-state index < -0.39 is 0 Å². The highest BCUT2D eigenvalue weighted by molar-refractivity contribution is 9.10. The Balaban J connectivity index is 2.23. The molecule has 98 valence electrons. The molecule has 1 aromatic carbocycles. The van der Waals surface area contributed by atoms with E-state index in [4.69, 9.17) is 0 Å². The molecular weight excluding hydrogens is 311 g/mol. The summed E-state index contributed by atoms with van der Waals surface area (Å²) in [6.07, 6.45) is 1.63. The largest absolute Gasteiger partial charge is 0.307 e. The lowest BCUT2D eigenvalue weighted by molar-refractivity contribution is 0.102. The van der Waals surface area contributed by atoms with Gasteiger partial charge < -0.3 is 5.32 Å². The molecule has 1 aromatic heterocycles. The molecule has 1 N–H and O–H groups in total. The van der Waals surface area contributed by atoms with Crippen LogP contribution in [-0.4, -0.2) is 10.9 Å². The molecular formula is C14H12BrFN2O. The van der Waals surface area contributed by atoms with Gasteiger partial charge in [0, 0.05) is 16.2 Å². The summed E-state index contributed by atoms with van der Waals surface area (Å²) in [5.41, 5.74) is 2.00. The summed E-state index contributed by atoms with van der Waals surface area (Å²) in [5.74, 6) is -0.187. The lowest BCUT2D eigenvalue weighted by Crippen LogP contribution is -2.14. The maximum Gasteiger partial charge on any atom is 0.257 e. The molecule has 2 aromatic rings. The van der Waals surface area contributed by atoms with E-state index in [9.17, 15) is 9.18 Å². The summed E-state index contributed by atoms with van der Waals surface area (Å²) in [4.78, 5) is 16.2. The summed E-state index contributed by atoms with van der Waals surface area (Å²) >= 11 is 3.34. The lowest BCUT2D eigenvalue weighted by Gasteiger charge is -2.08. The third kappa shape index (κ3) is 3.17. The van der Waals surface area contributed by atoms with Crippen LogP contribution in [0.5, 0.6) is 0 Å². The number of anilines is 1. The maximum atomic E-state index is 13.0. The molecule has 0 saturated heterocycles. The molecule has 0 aliphatic carbocycles. The first-order chi connectivity index (χ1) is 8.97. The number of pyridine rings is 1. The van der Waals surface area contributed by atoms with Gasteiger partial charge >= 0.3 is 0 Å². The number of hydrogen-bond acceptors (Lipinski definition) is 2. The number of benzene rings is 1. The fourth-order valence-corrected chi connectivity index (χ4v) is 1.89. The first-order valence-corrected chi connectivity index (χ1v) is 6.46. The molecule has 1 amide bonds. The quantitative estimate of drug-likeness (QED) is 0.912. The number of carbonyl (C=O) groups excluding carboxylic acids is 1. The van der Waals surface area contributed by atoms with Gasteiger partial charge in [-0.15, -0.1) is 0 Å². The number of aromatic nitrogens is 1. The van der Waals surface area contributed by atoms with Crippen molar-refractivity contribution in [2.45, 2.75) is 13.8 Å². The van der Waals surface area contributed by atoms with Crippen LogP contribution in [0.4, 0.5) is 10.2 Å². The van der Waals surface area contributed by atoms with Crippen molar-refractivity contribution < 1.29 is 9.18 Å². The van der Waals surface area contributed by atoms with Crippen LogP contribution in [-0.2, 0) is 0 Å². The van der Waals surface area contributed by atoms with E-state index in [0.29, 0.717) is 16.9 Å². The van der Waals surface area contributed by atoms with Crippen LogP contribution in [0.15, 0.2) is 34.9 Å². The van der Waals surface area contributed by atoms with Crippen molar-refractivity contribution in [3.63, 3.8) is 0 Å². The van der Waals surface area contributed by atoms with E-state index in [1.807, 2.05) is 6.92 Å². The Morgan fingerprint density at radius 3 is 2.63 bits per heavy atom. The Bertz CT molecular complexity index is 643. The number of nitrogens with one attached hydrogen (secondary N) is 1. The smallest absolute Gasteiger partial charge is 0.257 e. The van der Waals surface area contributed by atoms with Crippen LogP contribution in [0.1, 0.15) is 21.5 Å².